The topological polar surface area (TPSA) is 35.8 Å². The molecule has 0 aromatic heterocycles. The van der Waals surface area contributed by atoms with Gasteiger partial charge in [0.25, 0.3) is 0 Å². The molecule has 0 radical (unpaired) electrons. The van der Waals surface area contributed by atoms with Gasteiger partial charge in [0.05, 0.1) is 11.3 Å². The van der Waals surface area contributed by atoms with Crippen LogP contribution >= 0.6 is 23.5 Å². The van der Waals surface area contributed by atoms with E-state index in [9.17, 15) is 5.26 Å². The van der Waals surface area contributed by atoms with Crippen LogP contribution in [0.15, 0.2) is 23.1 Å². The van der Waals surface area contributed by atoms with Crippen LogP contribution in [0.4, 0.5) is 5.69 Å². The average Bonchev–Trinajstić information content (AvgIpc) is 2.40. The standard InChI is InChI=1S/C15H22N2S2/c1-4-18-10-9-12(3)17-14-7-6-8-15(19-5-2)13(14)11-16/h6-8,12,17H,4-5,9-10H2,1-3H3. The zero-order chi connectivity index (χ0) is 14.1. The minimum atomic E-state index is 0.396. The minimum absolute atomic E-state index is 0.396. The fourth-order valence-corrected chi connectivity index (χ4v) is 3.38. The molecule has 1 unspecified atom stereocenters. The van der Waals surface area contributed by atoms with Gasteiger partial charge in [0, 0.05) is 10.9 Å². The lowest BCUT2D eigenvalue weighted by atomic mass is 10.1. The molecule has 0 aliphatic carbocycles. The van der Waals surface area contributed by atoms with E-state index in [2.05, 4.69) is 32.2 Å². The Morgan fingerprint density at radius 2 is 2.11 bits per heavy atom. The van der Waals surface area contributed by atoms with Gasteiger partial charge in [-0.25, -0.2) is 0 Å². The number of nitrogens with zero attached hydrogens (tertiary/aromatic N) is 1. The van der Waals surface area contributed by atoms with Gasteiger partial charge < -0.3 is 5.32 Å². The molecule has 1 aromatic rings. The largest absolute Gasteiger partial charge is 0.381 e. The van der Waals surface area contributed by atoms with Gasteiger partial charge in [0.15, 0.2) is 0 Å². The number of hydrogen-bond acceptors (Lipinski definition) is 4. The predicted molar refractivity (Wildman–Crippen MR) is 88.3 cm³/mol. The number of rotatable bonds is 8. The average molecular weight is 294 g/mol. The molecule has 0 aliphatic rings. The van der Waals surface area contributed by atoms with Gasteiger partial charge in [0.1, 0.15) is 6.07 Å². The summed E-state index contributed by atoms with van der Waals surface area (Å²) in [6.45, 7) is 6.47. The first-order chi connectivity index (χ1) is 9.22. The number of nitrogens with one attached hydrogen (secondary N) is 1. The number of anilines is 1. The maximum Gasteiger partial charge on any atom is 0.102 e. The molecule has 0 bridgehead atoms. The van der Waals surface area contributed by atoms with Crippen LogP contribution in [0.1, 0.15) is 32.8 Å². The first kappa shape index (κ1) is 16.3. The molecule has 19 heavy (non-hydrogen) atoms. The van der Waals surface area contributed by atoms with Gasteiger partial charge in [-0.3, -0.25) is 0 Å². The summed E-state index contributed by atoms with van der Waals surface area (Å²) in [6.07, 6.45) is 1.12. The van der Waals surface area contributed by atoms with Crippen LogP contribution in [0.2, 0.25) is 0 Å². The zero-order valence-corrected chi connectivity index (χ0v) is 13.5. The summed E-state index contributed by atoms with van der Waals surface area (Å²) in [5.74, 6) is 3.32. The van der Waals surface area contributed by atoms with Crippen molar-refractivity contribution in [3.05, 3.63) is 23.8 Å². The highest BCUT2D eigenvalue weighted by atomic mass is 32.2. The van der Waals surface area contributed by atoms with E-state index >= 15 is 0 Å². The number of benzene rings is 1. The lowest BCUT2D eigenvalue weighted by Crippen LogP contribution is -2.17. The summed E-state index contributed by atoms with van der Waals surface area (Å²) in [6, 6.07) is 8.78. The van der Waals surface area contributed by atoms with Crippen molar-refractivity contribution in [3.63, 3.8) is 0 Å². The Hall–Kier alpha value is -0.790. The van der Waals surface area contributed by atoms with Gasteiger partial charge in [0.2, 0.25) is 0 Å². The molecule has 0 spiro atoms. The second-order valence-corrected chi connectivity index (χ2v) is 6.95. The molecule has 0 saturated heterocycles. The number of thioether (sulfide) groups is 2. The molecule has 0 amide bonds. The predicted octanol–water partition coefficient (Wildman–Crippen LogP) is 4.61. The Morgan fingerprint density at radius 3 is 2.74 bits per heavy atom. The molecule has 0 aliphatic heterocycles. The Kier molecular flexibility index (Phi) is 7.85. The lowest BCUT2D eigenvalue weighted by Gasteiger charge is -2.17. The first-order valence-electron chi connectivity index (χ1n) is 6.73. The van der Waals surface area contributed by atoms with Crippen LogP contribution in [-0.2, 0) is 0 Å². The van der Waals surface area contributed by atoms with Gasteiger partial charge in [-0.1, -0.05) is 19.9 Å². The smallest absolute Gasteiger partial charge is 0.102 e. The number of nitriles is 1. The fraction of sp³-hybridized carbons (Fsp3) is 0.533. The van der Waals surface area contributed by atoms with Gasteiger partial charge in [-0.15, -0.1) is 11.8 Å². The monoisotopic (exact) mass is 294 g/mol. The summed E-state index contributed by atoms with van der Waals surface area (Å²) >= 11 is 3.68. The van der Waals surface area contributed by atoms with Crippen LogP contribution in [0.25, 0.3) is 0 Å². The van der Waals surface area contributed by atoms with E-state index in [1.807, 2.05) is 30.0 Å². The molecule has 1 rings (SSSR count). The van der Waals surface area contributed by atoms with Crippen molar-refractivity contribution in [2.75, 3.05) is 22.6 Å². The third kappa shape index (κ3) is 5.38. The molecule has 0 fully saturated rings. The highest BCUT2D eigenvalue weighted by Gasteiger charge is 2.10. The van der Waals surface area contributed by atoms with E-state index in [1.165, 1.54) is 5.75 Å². The van der Waals surface area contributed by atoms with Crippen molar-refractivity contribution in [2.24, 2.45) is 0 Å². The second kappa shape index (κ2) is 9.17. The zero-order valence-electron chi connectivity index (χ0n) is 11.9. The molecule has 1 aromatic carbocycles. The molecular weight excluding hydrogens is 272 g/mol. The lowest BCUT2D eigenvalue weighted by molar-refractivity contribution is 0.771. The molecule has 1 N–H and O–H groups in total. The second-order valence-electron chi connectivity index (χ2n) is 4.25. The van der Waals surface area contributed by atoms with E-state index in [0.29, 0.717) is 6.04 Å². The highest BCUT2D eigenvalue weighted by Crippen LogP contribution is 2.28. The summed E-state index contributed by atoms with van der Waals surface area (Å²) in [4.78, 5) is 1.07. The summed E-state index contributed by atoms with van der Waals surface area (Å²) in [5, 5.41) is 12.8. The maximum absolute atomic E-state index is 9.35. The van der Waals surface area contributed by atoms with E-state index in [1.54, 1.807) is 11.8 Å². The van der Waals surface area contributed by atoms with Crippen molar-refractivity contribution in [1.82, 2.24) is 0 Å². The summed E-state index contributed by atoms with van der Waals surface area (Å²) < 4.78 is 0. The Balaban J connectivity index is 2.72. The third-order valence-electron chi connectivity index (χ3n) is 2.74. The quantitative estimate of drug-likeness (QED) is 0.561. The summed E-state index contributed by atoms with van der Waals surface area (Å²) in [7, 11) is 0. The van der Waals surface area contributed by atoms with Crippen LogP contribution < -0.4 is 5.32 Å². The third-order valence-corrected chi connectivity index (χ3v) is 4.61. The van der Waals surface area contributed by atoms with E-state index in [-0.39, 0.29) is 0 Å². The maximum atomic E-state index is 9.35. The van der Waals surface area contributed by atoms with Gasteiger partial charge in [-0.05, 0) is 42.7 Å². The van der Waals surface area contributed by atoms with Crippen LogP contribution in [0.3, 0.4) is 0 Å². The Bertz CT molecular complexity index is 427. The van der Waals surface area contributed by atoms with Crippen molar-refractivity contribution in [1.29, 1.82) is 5.26 Å². The molecule has 1 atom stereocenters. The fourth-order valence-electron chi connectivity index (χ4n) is 1.78. The summed E-state index contributed by atoms with van der Waals surface area (Å²) in [5.41, 5.74) is 1.75. The minimum Gasteiger partial charge on any atom is -0.381 e. The molecule has 0 saturated carbocycles. The molecular formula is C15H22N2S2. The highest BCUT2D eigenvalue weighted by molar-refractivity contribution is 7.99. The van der Waals surface area contributed by atoms with E-state index < -0.39 is 0 Å². The van der Waals surface area contributed by atoms with E-state index in [4.69, 9.17) is 0 Å². The SMILES string of the molecule is CCSCCC(C)Nc1cccc(SCC)c1C#N. The molecule has 2 nitrogen and oxygen atoms in total. The van der Waals surface area contributed by atoms with Crippen molar-refractivity contribution in [2.45, 2.75) is 38.1 Å². The van der Waals surface area contributed by atoms with E-state index in [0.717, 1.165) is 34.1 Å². The van der Waals surface area contributed by atoms with Gasteiger partial charge in [-0.2, -0.15) is 17.0 Å². The molecule has 0 heterocycles. The Labute approximate surface area is 125 Å². The number of hydrogen-bond donors (Lipinski definition) is 1. The van der Waals surface area contributed by atoms with Gasteiger partial charge >= 0.3 is 0 Å². The van der Waals surface area contributed by atoms with Crippen LogP contribution in [0.5, 0.6) is 0 Å². The molecule has 4 heteroatoms. The normalized spacial score (nSPS) is 11.9. The Morgan fingerprint density at radius 1 is 1.32 bits per heavy atom. The van der Waals surface area contributed by atoms with Crippen molar-refractivity contribution >= 4 is 29.2 Å². The molecule has 104 valence electrons. The van der Waals surface area contributed by atoms with Crippen LogP contribution in [-0.4, -0.2) is 23.3 Å². The van der Waals surface area contributed by atoms with Crippen molar-refractivity contribution in [3.8, 4) is 6.07 Å². The first-order valence-corrected chi connectivity index (χ1v) is 8.87. The van der Waals surface area contributed by atoms with Crippen LogP contribution in [0, 0.1) is 11.3 Å². The van der Waals surface area contributed by atoms with Crippen molar-refractivity contribution < 1.29 is 0 Å².